The molecule has 0 radical (unpaired) electrons. The van der Waals surface area contributed by atoms with E-state index in [2.05, 4.69) is 61.9 Å². The second-order valence-electron chi connectivity index (χ2n) is 9.57. The van der Waals surface area contributed by atoms with Gasteiger partial charge in [0.2, 0.25) is 0 Å². The molecule has 26 heavy (non-hydrogen) atoms. The Morgan fingerprint density at radius 1 is 1.19 bits per heavy atom. The van der Waals surface area contributed by atoms with Crippen LogP contribution in [-0.4, -0.2) is 31.5 Å². The molecule has 1 aliphatic rings. The van der Waals surface area contributed by atoms with Gasteiger partial charge in [0.15, 0.2) is 8.32 Å². The SMILES string of the molecule is CC(C)(C)OC(=O)N1Cc2cc(Br)ccc2C(O[Si](C)(C)C(C)(C)C)C1. The second kappa shape index (κ2) is 7.28. The molecule has 0 saturated heterocycles. The largest absolute Gasteiger partial charge is 0.444 e. The Morgan fingerprint density at radius 3 is 2.35 bits per heavy atom. The average molecular weight is 442 g/mol. The molecule has 0 N–H and O–H groups in total. The lowest BCUT2D eigenvalue weighted by atomic mass is 9.98. The number of rotatable bonds is 2. The van der Waals surface area contributed by atoms with Crippen molar-refractivity contribution in [1.29, 1.82) is 0 Å². The Morgan fingerprint density at radius 2 is 1.81 bits per heavy atom. The van der Waals surface area contributed by atoms with Crippen LogP contribution in [-0.2, 0) is 15.7 Å². The zero-order valence-electron chi connectivity index (χ0n) is 17.3. The summed E-state index contributed by atoms with van der Waals surface area (Å²) in [5.74, 6) is 0. The van der Waals surface area contributed by atoms with Crippen LogP contribution >= 0.6 is 15.9 Å². The third-order valence-corrected chi connectivity index (χ3v) is 10.1. The number of fused-ring (bicyclic) bond motifs is 1. The molecule has 1 atom stereocenters. The monoisotopic (exact) mass is 441 g/mol. The molecular weight excluding hydrogens is 410 g/mol. The highest BCUT2D eigenvalue weighted by Crippen LogP contribution is 2.42. The maximum absolute atomic E-state index is 12.7. The first-order valence-electron chi connectivity index (χ1n) is 9.14. The van der Waals surface area contributed by atoms with Gasteiger partial charge in [-0.3, -0.25) is 0 Å². The number of amides is 1. The fourth-order valence-electron chi connectivity index (χ4n) is 2.69. The molecule has 4 nitrogen and oxygen atoms in total. The van der Waals surface area contributed by atoms with Crippen molar-refractivity contribution >= 4 is 30.3 Å². The smallest absolute Gasteiger partial charge is 0.410 e. The Hall–Kier alpha value is -0.853. The number of halogens is 1. The van der Waals surface area contributed by atoms with Crippen LogP contribution in [0.2, 0.25) is 18.1 Å². The molecule has 1 aliphatic heterocycles. The molecule has 0 spiro atoms. The van der Waals surface area contributed by atoms with Crippen molar-refractivity contribution in [1.82, 2.24) is 4.90 Å². The minimum absolute atomic E-state index is 0.108. The molecule has 0 aliphatic carbocycles. The van der Waals surface area contributed by atoms with E-state index in [9.17, 15) is 4.79 Å². The number of nitrogens with zero attached hydrogens (tertiary/aromatic N) is 1. The van der Waals surface area contributed by atoms with E-state index in [1.165, 1.54) is 5.56 Å². The van der Waals surface area contributed by atoms with E-state index in [1.54, 1.807) is 4.90 Å². The van der Waals surface area contributed by atoms with Crippen LogP contribution in [0.1, 0.15) is 58.8 Å². The number of benzene rings is 1. The lowest BCUT2D eigenvalue weighted by molar-refractivity contribution is 0.00980. The highest BCUT2D eigenvalue weighted by atomic mass is 79.9. The zero-order valence-corrected chi connectivity index (χ0v) is 19.9. The van der Waals surface area contributed by atoms with Crippen LogP contribution in [0.25, 0.3) is 0 Å². The Labute approximate surface area is 167 Å². The molecule has 6 heteroatoms. The third kappa shape index (κ3) is 5.11. The summed E-state index contributed by atoms with van der Waals surface area (Å²) in [7, 11) is -1.98. The molecule has 0 fully saturated rings. The predicted octanol–water partition coefficient (Wildman–Crippen LogP) is 6.26. The first-order valence-corrected chi connectivity index (χ1v) is 12.8. The van der Waals surface area contributed by atoms with Gasteiger partial charge in [-0.25, -0.2) is 4.79 Å². The van der Waals surface area contributed by atoms with Crippen LogP contribution in [0.3, 0.4) is 0 Å². The summed E-state index contributed by atoms with van der Waals surface area (Å²) >= 11 is 3.54. The summed E-state index contributed by atoms with van der Waals surface area (Å²) in [6.45, 7) is 17.9. The van der Waals surface area contributed by atoms with Gasteiger partial charge < -0.3 is 14.1 Å². The molecule has 0 bridgehead atoms. The van der Waals surface area contributed by atoms with Crippen molar-refractivity contribution in [3.05, 3.63) is 33.8 Å². The van der Waals surface area contributed by atoms with Gasteiger partial charge in [-0.05, 0) is 62.2 Å². The van der Waals surface area contributed by atoms with Gasteiger partial charge in [0.05, 0.1) is 12.6 Å². The quantitative estimate of drug-likeness (QED) is 0.507. The molecular formula is C20H32BrNO3Si. The molecule has 0 saturated carbocycles. The maximum atomic E-state index is 12.7. The van der Waals surface area contributed by atoms with Gasteiger partial charge in [0.25, 0.3) is 0 Å². The normalized spacial score (nSPS) is 18.5. The zero-order chi connectivity index (χ0) is 19.9. The topological polar surface area (TPSA) is 38.8 Å². The number of hydrogen-bond donors (Lipinski definition) is 0. The third-order valence-electron chi connectivity index (χ3n) is 5.09. The number of carbonyl (C=O) groups excluding carboxylic acids is 1. The van der Waals surface area contributed by atoms with E-state index >= 15 is 0 Å². The minimum atomic E-state index is -1.98. The Kier molecular flexibility index (Phi) is 6.01. The first kappa shape index (κ1) is 21.4. The summed E-state index contributed by atoms with van der Waals surface area (Å²) in [6, 6.07) is 6.24. The van der Waals surface area contributed by atoms with Crippen LogP contribution in [0, 0.1) is 0 Å². The van der Waals surface area contributed by atoms with E-state index in [1.807, 2.05) is 26.8 Å². The molecule has 1 amide bonds. The van der Waals surface area contributed by atoms with E-state index in [0.29, 0.717) is 13.1 Å². The van der Waals surface area contributed by atoms with Gasteiger partial charge in [0.1, 0.15) is 5.60 Å². The van der Waals surface area contributed by atoms with Crippen LogP contribution in [0.15, 0.2) is 22.7 Å². The van der Waals surface area contributed by atoms with Gasteiger partial charge >= 0.3 is 6.09 Å². The van der Waals surface area contributed by atoms with Crippen LogP contribution < -0.4 is 0 Å². The summed E-state index contributed by atoms with van der Waals surface area (Å²) < 4.78 is 13.3. The minimum Gasteiger partial charge on any atom is -0.444 e. The molecule has 0 aromatic heterocycles. The van der Waals surface area contributed by atoms with Crippen molar-refractivity contribution in [3.8, 4) is 0 Å². The molecule has 2 rings (SSSR count). The molecule has 146 valence electrons. The number of ether oxygens (including phenoxy) is 1. The van der Waals surface area contributed by atoms with Gasteiger partial charge in [-0.1, -0.05) is 42.8 Å². The van der Waals surface area contributed by atoms with Crippen LogP contribution in [0.5, 0.6) is 0 Å². The lowest BCUT2D eigenvalue weighted by Gasteiger charge is -2.43. The van der Waals surface area contributed by atoms with Crippen molar-refractivity contribution in [2.75, 3.05) is 6.54 Å². The molecule has 1 unspecified atom stereocenters. The second-order valence-corrected chi connectivity index (χ2v) is 15.2. The number of carbonyl (C=O) groups is 1. The van der Waals surface area contributed by atoms with Gasteiger partial charge in [0, 0.05) is 11.0 Å². The first-order chi connectivity index (χ1) is 11.7. The maximum Gasteiger partial charge on any atom is 0.410 e. The highest BCUT2D eigenvalue weighted by Gasteiger charge is 2.42. The summed E-state index contributed by atoms with van der Waals surface area (Å²) in [4.78, 5) is 14.4. The summed E-state index contributed by atoms with van der Waals surface area (Å²) in [5, 5.41) is 0.108. The lowest BCUT2D eigenvalue weighted by Crippen LogP contribution is -2.47. The van der Waals surface area contributed by atoms with Crippen molar-refractivity contribution in [2.45, 2.75) is 77.9 Å². The van der Waals surface area contributed by atoms with Gasteiger partial charge in [-0.15, -0.1) is 0 Å². The fourth-order valence-corrected chi connectivity index (χ4v) is 4.37. The van der Waals surface area contributed by atoms with Crippen molar-refractivity contribution in [2.24, 2.45) is 0 Å². The Balaban J connectivity index is 2.33. The highest BCUT2D eigenvalue weighted by molar-refractivity contribution is 9.10. The number of hydrogen-bond acceptors (Lipinski definition) is 3. The molecule has 1 heterocycles. The Bertz CT molecular complexity index is 677. The van der Waals surface area contributed by atoms with Crippen LogP contribution in [0.4, 0.5) is 4.79 Å². The average Bonchev–Trinajstić information content (AvgIpc) is 2.43. The molecule has 1 aromatic carbocycles. The van der Waals surface area contributed by atoms with E-state index < -0.39 is 13.9 Å². The van der Waals surface area contributed by atoms with Crippen molar-refractivity contribution < 1.29 is 14.0 Å². The summed E-state index contributed by atoms with van der Waals surface area (Å²) in [6.07, 6.45) is -0.410. The standard InChI is InChI=1S/C20H32BrNO3Si/c1-19(2,3)24-18(23)22-12-14-11-15(21)9-10-16(14)17(13-22)25-26(7,8)20(4,5)6/h9-11,17H,12-13H2,1-8H3. The predicted molar refractivity (Wildman–Crippen MR) is 112 cm³/mol. The molecule has 1 aromatic rings. The van der Waals surface area contributed by atoms with E-state index in [-0.39, 0.29) is 17.2 Å². The van der Waals surface area contributed by atoms with E-state index in [0.717, 1.165) is 10.0 Å². The van der Waals surface area contributed by atoms with Crippen molar-refractivity contribution in [3.63, 3.8) is 0 Å². The summed E-state index contributed by atoms with van der Waals surface area (Å²) in [5.41, 5.74) is 1.78. The fraction of sp³-hybridized carbons (Fsp3) is 0.650. The van der Waals surface area contributed by atoms with Gasteiger partial charge in [-0.2, -0.15) is 0 Å². The van der Waals surface area contributed by atoms with E-state index in [4.69, 9.17) is 9.16 Å².